The maximum Gasteiger partial charge on any atom is 0.329 e. The predicted octanol–water partition coefficient (Wildman–Crippen LogP) is 2.23. The summed E-state index contributed by atoms with van der Waals surface area (Å²) >= 11 is 0.268. The van der Waals surface area contributed by atoms with Crippen molar-refractivity contribution in [3.63, 3.8) is 0 Å². The minimum atomic E-state index is -1.39. The molecule has 1 heterocycles. The summed E-state index contributed by atoms with van der Waals surface area (Å²) in [5, 5.41) is 14.4. The Balaban J connectivity index is 1.87. The molecule has 1 aliphatic heterocycles. The lowest BCUT2D eigenvalue weighted by Crippen LogP contribution is -2.62. The average molecular weight is 594 g/mol. The molecule has 0 radical (unpaired) electrons. The van der Waals surface area contributed by atoms with Gasteiger partial charge in [-0.3, -0.25) is 23.9 Å². The molecule has 0 unspecified atom stereocenters. The van der Waals surface area contributed by atoms with Crippen LogP contribution in [0.1, 0.15) is 84.5 Å². The fourth-order valence-corrected chi connectivity index (χ4v) is 6.77. The Hall–Kier alpha value is -3.09. The van der Waals surface area contributed by atoms with E-state index in [1.165, 1.54) is 4.90 Å². The second kappa shape index (κ2) is 14.2. The highest BCUT2D eigenvalue weighted by atomic mass is 32.2. The van der Waals surface area contributed by atoms with Crippen LogP contribution in [0.25, 0.3) is 0 Å². The van der Waals surface area contributed by atoms with E-state index < -0.39 is 58.4 Å². The fraction of sp³-hybridized carbons (Fsp3) is 0.714. The van der Waals surface area contributed by atoms with Gasteiger partial charge in [0.05, 0.1) is 0 Å². The van der Waals surface area contributed by atoms with Gasteiger partial charge in [-0.15, -0.1) is 0 Å². The first-order valence-corrected chi connectivity index (χ1v) is 15.3. The van der Waals surface area contributed by atoms with Crippen LogP contribution in [0.5, 0.6) is 0 Å². The lowest BCUT2D eigenvalue weighted by Gasteiger charge is -2.37. The molecule has 6 N–H and O–H groups in total. The number of rotatable bonds is 8. The molecular formula is C28H43N5O7S. The van der Waals surface area contributed by atoms with E-state index in [1.807, 2.05) is 13.8 Å². The lowest BCUT2D eigenvalue weighted by atomic mass is 9.81. The van der Waals surface area contributed by atoms with Gasteiger partial charge in [0.15, 0.2) is 0 Å². The van der Waals surface area contributed by atoms with Gasteiger partial charge < -0.3 is 26.4 Å². The van der Waals surface area contributed by atoms with E-state index in [0.717, 1.165) is 31.3 Å². The van der Waals surface area contributed by atoms with Crippen molar-refractivity contribution in [1.29, 1.82) is 0 Å². The average Bonchev–Trinajstić information content (AvgIpc) is 3.39. The van der Waals surface area contributed by atoms with Crippen LogP contribution in [-0.2, 0) is 24.0 Å². The summed E-state index contributed by atoms with van der Waals surface area (Å²) in [5.41, 5.74) is 4.39. The molecule has 2 aliphatic carbocycles. The number of nitrogens with two attached hydrogens (primary N) is 1. The third kappa shape index (κ3) is 7.81. The first-order valence-electron chi connectivity index (χ1n) is 14.5. The fourth-order valence-electron chi connectivity index (χ4n) is 6.36. The molecule has 3 atom stereocenters. The Labute approximate surface area is 245 Å². The number of nitrogens with one attached hydrogen (secondary N) is 3. The quantitative estimate of drug-likeness (QED) is 0.161. The molecule has 0 aromatic heterocycles. The van der Waals surface area contributed by atoms with Gasteiger partial charge in [-0.2, -0.15) is 0 Å². The Kier molecular flexibility index (Phi) is 11.2. The van der Waals surface area contributed by atoms with Crippen molar-refractivity contribution in [2.24, 2.45) is 23.5 Å². The van der Waals surface area contributed by atoms with Gasteiger partial charge in [0, 0.05) is 24.4 Å². The van der Waals surface area contributed by atoms with E-state index in [2.05, 4.69) is 21.9 Å². The minimum Gasteiger partial charge on any atom is -0.480 e. The number of hydrogen-bond acceptors (Lipinski definition) is 7. The molecule has 3 aliphatic rings. The number of likely N-dealkylation sites (tertiary alicyclic amines) is 1. The standard InChI is InChI=1S/C28H43N5O7S/c1-16(2)17(3)19-12-15-33(21(19)23(35)32-41-25(37)22(29)34)24(36)20(18-10-6-4-7-11-18)30-27(40)31-28(26(38)39)13-8-5-9-14-28/h16,18-21H,3-15H2,1-2H3,(H2,29,34)(H,32,35)(H,38,39)(H2,30,31,40)/t19-,20+,21+/m1/s1. The van der Waals surface area contributed by atoms with Crippen LogP contribution in [0, 0.1) is 17.8 Å². The lowest BCUT2D eigenvalue weighted by molar-refractivity contribution is -0.145. The van der Waals surface area contributed by atoms with Crippen LogP contribution in [0.3, 0.4) is 0 Å². The maximum absolute atomic E-state index is 14.2. The van der Waals surface area contributed by atoms with Gasteiger partial charge >= 0.3 is 12.0 Å². The van der Waals surface area contributed by atoms with Crippen molar-refractivity contribution in [2.75, 3.05) is 6.54 Å². The summed E-state index contributed by atoms with van der Waals surface area (Å²) in [7, 11) is 0. The number of urea groups is 1. The monoisotopic (exact) mass is 593 g/mol. The molecule has 0 aromatic rings. The van der Waals surface area contributed by atoms with Crippen molar-refractivity contribution in [1.82, 2.24) is 20.3 Å². The second-order valence-electron chi connectivity index (χ2n) is 11.7. The summed E-state index contributed by atoms with van der Waals surface area (Å²) < 4.78 is 2.37. The van der Waals surface area contributed by atoms with Crippen LogP contribution < -0.4 is 21.1 Å². The molecule has 13 heteroatoms. The number of primary amides is 1. The Morgan fingerprint density at radius 1 is 0.976 bits per heavy atom. The third-order valence-electron chi connectivity index (χ3n) is 8.76. The number of nitrogens with zero attached hydrogens (tertiary/aromatic N) is 1. The predicted molar refractivity (Wildman–Crippen MR) is 153 cm³/mol. The zero-order valence-electron chi connectivity index (χ0n) is 23.9. The number of carboxylic acid groups (broad SMARTS) is 1. The molecule has 3 fully saturated rings. The van der Waals surface area contributed by atoms with Gasteiger partial charge in [-0.1, -0.05) is 64.5 Å². The van der Waals surface area contributed by atoms with Crippen molar-refractivity contribution in [3.8, 4) is 0 Å². The zero-order chi connectivity index (χ0) is 30.3. The maximum atomic E-state index is 14.2. The van der Waals surface area contributed by atoms with Crippen LogP contribution in [-0.4, -0.2) is 69.0 Å². The molecule has 1 saturated heterocycles. The number of aliphatic carboxylic acids is 1. The minimum absolute atomic E-state index is 0.0194. The van der Waals surface area contributed by atoms with E-state index >= 15 is 0 Å². The highest BCUT2D eigenvalue weighted by molar-refractivity contribution is 8.14. The Bertz CT molecular complexity index is 1050. The van der Waals surface area contributed by atoms with Crippen LogP contribution in [0.15, 0.2) is 12.2 Å². The highest BCUT2D eigenvalue weighted by Gasteiger charge is 2.47. The van der Waals surface area contributed by atoms with Crippen molar-refractivity contribution < 1.29 is 33.9 Å². The SMILES string of the molecule is C=C(C(C)C)[C@H]1CCN(C(=O)[C@@H](NC(=O)NC2(C(=O)O)CCCCC2)C2CCCCC2)[C@@H]1C(=O)NSC(=O)C(N)=O. The highest BCUT2D eigenvalue weighted by Crippen LogP contribution is 2.36. The summed E-state index contributed by atoms with van der Waals surface area (Å²) in [6.45, 7) is 8.26. The molecule has 0 spiro atoms. The third-order valence-corrected chi connectivity index (χ3v) is 9.45. The molecule has 0 bridgehead atoms. The van der Waals surface area contributed by atoms with E-state index in [4.69, 9.17) is 5.73 Å². The number of carbonyl (C=O) groups excluding carboxylic acids is 5. The summed E-state index contributed by atoms with van der Waals surface area (Å²) in [5.74, 6) is -3.94. The first-order chi connectivity index (χ1) is 19.4. The number of amides is 5. The molecule has 41 heavy (non-hydrogen) atoms. The smallest absolute Gasteiger partial charge is 0.329 e. The van der Waals surface area contributed by atoms with Gasteiger partial charge in [-0.25, -0.2) is 9.59 Å². The zero-order valence-corrected chi connectivity index (χ0v) is 24.7. The van der Waals surface area contributed by atoms with E-state index in [0.29, 0.717) is 44.9 Å². The van der Waals surface area contributed by atoms with E-state index in [1.54, 1.807) is 0 Å². The largest absolute Gasteiger partial charge is 0.480 e. The van der Waals surface area contributed by atoms with Gasteiger partial charge in [0.1, 0.15) is 17.6 Å². The second-order valence-corrected chi connectivity index (χ2v) is 12.5. The Morgan fingerprint density at radius 2 is 1.59 bits per heavy atom. The number of hydrogen-bond donors (Lipinski definition) is 5. The molecule has 228 valence electrons. The van der Waals surface area contributed by atoms with Crippen molar-refractivity contribution >= 4 is 46.8 Å². The molecule has 12 nitrogen and oxygen atoms in total. The molecule has 5 amide bonds. The van der Waals surface area contributed by atoms with Crippen LogP contribution in [0.4, 0.5) is 4.79 Å². The normalized spacial score (nSPS) is 23.3. The molecular weight excluding hydrogens is 550 g/mol. The van der Waals surface area contributed by atoms with Gasteiger partial charge in [-0.05, 0) is 43.9 Å². The molecule has 2 saturated carbocycles. The van der Waals surface area contributed by atoms with Crippen LogP contribution in [0.2, 0.25) is 0 Å². The van der Waals surface area contributed by atoms with E-state index in [9.17, 15) is 33.9 Å². The topological polar surface area (TPSA) is 188 Å². The van der Waals surface area contributed by atoms with E-state index in [-0.39, 0.29) is 30.3 Å². The van der Waals surface area contributed by atoms with Crippen LogP contribution >= 0.6 is 11.9 Å². The number of carboxylic acids is 1. The summed E-state index contributed by atoms with van der Waals surface area (Å²) in [6, 6.07) is -2.69. The Morgan fingerprint density at radius 3 is 2.15 bits per heavy atom. The number of carbonyl (C=O) groups is 6. The van der Waals surface area contributed by atoms with Crippen molar-refractivity contribution in [3.05, 3.63) is 12.2 Å². The van der Waals surface area contributed by atoms with Crippen molar-refractivity contribution in [2.45, 2.75) is 102 Å². The summed E-state index contributed by atoms with van der Waals surface area (Å²) in [6.07, 6.45) is 7.54. The van der Waals surface area contributed by atoms with Gasteiger partial charge in [0.2, 0.25) is 5.91 Å². The molecule has 0 aromatic carbocycles. The molecule has 3 rings (SSSR count). The summed E-state index contributed by atoms with van der Waals surface area (Å²) in [4.78, 5) is 77.4. The van der Waals surface area contributed by atoms with Gasteiger partial charge in [0.25, 0.3) is 16.9 Å². The first kappa shape index (κ1) is 32.4.